The zero-order chi connectivity index (χ0) is 13.7. The number of aromatic carboxylic acids is 1. The van der Waals surface area contributed by atoms with Gasteiger partial charge in [-0.05, 0) is 25.1 Å². The molecule has 1 aromatic carbocycles. The van der Waals surface area contributed by atoms with E-state index < -0.39 is 5.97 Å². The normalized spacial score (nSPS) is 9.74. The Morgan fingerprint density at radius 2 is 2.26 bits per heavy atom. The number of nitrogens with one attached hydrogen (secondary N) is 1. The molecule has 0 aliphatic rings. The highest BCUT2D eigenvalue weighted by molar-refractivity contribution is 5.96. The molecule has 0 bridgehead atoms. The molecule has 2 N–H and O–H groups in total. The molecule has 0 unspecified atom stereocenters. The van der Waals surface area contributed by atoms with Gasteiger partial charge in [-0.25, -0.2) is 14.8 Å². The minimum absolute atomic E-state index is 0.217. The van der Waals surface area contributed by atoms with Crippen LogP contribution in [0.1, 0.15) is 23.7 Å². The Morgan fingerprint density at radius 1 is 1.42 bits per heavy atom. The molecule has 0 aliphatic carbocycles. The first-order valence-electron chi connectivity index (χ1n) is 5.84. The van der Waals surface area contributed by atoms with E-state index in [0.29, 0.717) is 17.9 Å². The van der Waals surface area contributed by atoms with Crippen LogP contribution in [0.5, 0.6) is 0 Å². The van der Waals surface area contributed by atoms with Gasteiger partial charge in [-0.15, -0.1) is 11.8 Å². The van der Waals surface area contributed by atoms with E-state index in [9.17, 15) is 4.79 Å². The summed E-state index contributed by atoms with van der Waals surface area (Å²) in [5.74, 6) is 5.51. The second-order valence-electron chi connectivity index (χ2n) is 3.86. The van der Waals surface area contributed by atoms with Crippen molar-refractivity contribution in [3.63, 3.8) is 0 Å². The van der Waals surface area contributed by atoms with Gasteiger partial charge in [0.2, 0.25) is 0 Å². The molecule has 0 radical (unpaired) electrons. The molecule has 2 rings (SSSR count). The fraction of sp³-hybridized carbons (Fsp3) is 0.214. The lowest BCUT2D eigenvalue weighted by molar-refractivity contribution is 0.0697. The monoisotopic (exact) mass is 255 g/mol. The van der Waals surface area contributed by atoms with Gasteiger partial charge in [0.05, 0.1) is 11.1 Å². The van der Waals surface area contributed by atoms with Crippen molar-refractivity contribution in [3.8, 4) is 11.8 Å². The fourth-order valence-corrected chi connectivity index (χ4v) is 1.70. The van der Waals surface area contributed by atoms with Crippen LogP contribution in [-0.2, 0) is 0 Å². The van der Waals surface area contributed by atoms with Crippen molar-refractivity contribution >= 4 is 22.7 Å². The molecule has 96 valence electrons. The number of hydrogen-bond donors (Lipinski definition) is 2. The zero-order valence-corrected chi connectivity index (χ0v) is 10.5. The van der Waals surface area contributed by atoms with Crippen molar-refractivity contribution in [2.75, 3.05) is 11.9 Å². The van der Waals surface area contributed by atoms with Crippen LogP contribution in [0.25, 0.3) is 10.9 Å². The summed E-state index contributed by atoms with van der Waals surface area (Å²) in [6, 6.07) is 4.80. The van der Waals surface area contributed by atoms with Gasteiger partial charge in [0.25, 0.3) is 0 Å². The third-order valence-electron chi connectivity index (χ3n) is 2.60. The van der Waals surface area contributed by atoms with Gasteiger partial charge in [-0.2, -0.15) is 0 Å². The predicted molar refractivity (Wildman–Crippen MR) is 73.1 cm³/mol. The SMILES string of the molecule is CC#CCCNc1ncnc2cc(C(=O)O)ccc12. The van der Waals surface area contributed by atoms with Crippen LogP contribution in [0, 0.1) is 11.8 Å². The first kappa shape index (κ1) is 12.8. The Balaban J connectivity index is 2.29. The third kappa shape index (κ3) is 2.99. The number of benzene rings is 1. The minimum Gasteiger partial charge on any atom is -0.478 e. The number of carbonyl (C=O) groups is 1. The van der Waals surface area contributed by atoms with E-state index in [-0.39, 0.29) is 5.56 Å². The van der Waals surface area contributed by atoms with Gasteiger partial charge >= 0.3 is 5.97 Å². The molecule has 5 heteroatoms. The molecule has 0 aliphatic heterocycles. The Hall–Kier alpha value is -2.61. The lowest BCUT2D eigenvalue weighted by Crippen LogP contribution is -2.04. The summed E-state index contributed by atoms with van der Waals surface area (Å²) in [5.41, 5.74) is 0.827. The first-order chi connectivity index (χ1) is 9.22. The maximum atomic E-state index is 10.9. The van der Waals surface area contributed by atoms with E-state index in [1.807, 2.05) is 0 Å². The summed E-state index contributed by atoms with van der Waals surface area (Å²) in [7, 11) is 0. The first-order valence-corrected chi connectivity index (χ1v) is 5.84. The fourth-order valence-electron chi connectivity index (χ4n) is 1.70. The summed E-state index contributed by atoms with van der Waals surface area (Å²) in [4.78, 5) is 19.1. The van der Waals surface area contributed by atoms with Gasteiger partial charge in [0.1, 0.15) is 12.1 Å². The van der Waals surface area contributed by atoms with Gasteiger partial charge in [0, 0.05) is 18.4 Å². The number of anilines is 1. The number of hydrogen-bond acceptors (Lipinski definition) is 4. The summed E-state index contributed by atoms with van der Waals surface area (Å²) >= 11 is 0. The van der Waals surface area contributed by atoms with E-state index in [2.05, 4.69) is 27.1 Å². The lowest BCUT2D eigenvalue weighted by Gasteiger charge is -2.07. The van der Waals surface area contributed by atoms with Crippen LogP contribution in [-0.4, -0.2) is 27.6 Å². The Bertz CT molecular complexity index is 671. The average molecular weight is 255 g/mol. The van der Waals surface area contributed by atoms with Crippen molar-refractivity contribution < 1.29 is 9.90 Å². The van der Waals surface area contributed by atoms with Gasteiger partial charge in [0.15, 0.2) is 0 Å². The van der Waals surface area contributed by atoms with Crippen LogP contribution in [0.15, 0.2) is 24.5 Å². The summed E-state index contributed by atoms with van der Waals surface area (Å²) in [6.45, 7) is 2.49. The topological polar surface area (TPSA) is 75.1 Å². The quantitative estimate of drug-likeness (QED) is 0.646. The van der Waals surface area contributed by atoms with Gasteiger partial charge in [-0.3, -0.25) is 0 Å². The molecule has 2 aromatic rings. The molecule has 0 atom stereocenters. The number of carboxylic acids is 1. The standard InChI is InChI=1S/C14H13N3O2/c1-2-3-4-7-15-13-11-6-5-10(14(18)19)8-12(11)16-9-17-13/h5-6,8-9H,4,7H2,1H3,(H,18,19)(H,15,16,17). The van der Waals surface area contributed by atoms with Crippen LogP contribution in [0.2, 0.25) is 0 Å². The second-order valence-corrected chi connectivity index (χ2v) is 3.86. The van der Waals surface area contributed by atoms with E-state index in [1.54, 1.807) is 19.1 Å². The average Bonchev–Trinajstić information content (AvgIpc) is 2.43. The van der Waals surface area contributed by atoms with Crippen molar-refractivity contribution in [2.45, 2.75) is 13.3 Å². The Morgan fingerprint density at radius 3 is 3.00 bits per heavy atom. The van der Waals surface area contributed by atoms with Crippen molar-refractivity contribution in [1.82, 2.24) is 9.97 Å². The van der Waals surface area contributed by atoms with E-state index in [4.69, 9.17) is 5.11 Å². The summed E-state index contributed by atoms with van der Waals surface area (Å²) < 4.78 is 0. The molecule has 1 aromatic heterocycles. The van der Waals surface area contributed by atoms with E-state index >= 15 is 0 Å². The molecule has 19 heavy (non-hydrogen) atoms. The smallest absolute Gasteiger partial charge is 0.335 e. The Labute approximate surface area is 110 Å². The summed E-state index contributed by atoms with van der Waals surface area (Å²) in [5, 5.41) is 12.9. The highest BCUT2D eigenvalue weighted by atomic mass is 16.4. The molecule has 5 nitrogen and oxygen atoms in total. The molecule has 0 fully saturated rings. The van der Waals surface area contributed by atoms with Crippen molar-refractivity contribution in [3.05, 3.63) is 30.1 Å². The largest absolute Gasteiger partial charge is 0.478 e. The lowest BCUT2D eigenvalue weighted by atomic mass is 10.1. The molecule has 0 saturated carbocycles. The molecular weight excluding hydrogens is 242 g/mol. The number of fused-ring (bicyclic) bond motifs is 1. The number of aromatic nitrogens is 2. The number of nitrogens with zero attached hydrogens (tertiary/aromatic N) is 2. The van der Waals surface area contributed by atoms with Crippen LogP contribution < -0.4 is 5.32 Å². The highest BCUT2D eigenvalue weighted by Crippen LogP contribution is 2.20. The van der Waals surface area contributed by atoms with Crippen molar-refractivity contribution in [2.24, 2.45) is 0 Å². The number of rotatable bonds is 4. The minimum atomic E-state index is -0.965. The van der Waals surface area contributed by atoms with Crippen LogP contribution in [0.3, 0.4) is 0 Å². The van der Waals surface area contributed by atoms with Crippen molar-refractivity contribution in [1.29, 1.82) is 0 Å². The van der Waals surface area contributed by atoms with E-state index in [1.165, 1.54) is 12.4 Å². The maximum Gasteiger partial charge on any atom is 0.335 e. The predicted octanol–water partition coefficient (Wildman–Crippen LogP) is 2.15. The van der Waals surface area contributed by atoms with Gasteiger partial charge in [-0.1, -0.05) is 0 Å². The molecule has 0 amide bonds. The zero-order valence-electron chi connectivity index (χ0n) is 10.5. The second kappa shape index (κ2) is 5.83. The number of carboxylic acid groups (broad SMARTS) is 1. The Kier molecular flexibility index (Phi) is 3.94. The summed E-state index contributed by atoms with van der Waals surface area (Å²) in [6.07, 6.45) is 2.15. The van der Waals surface area contributed by atoms with E-state index in [0.717, 1.165) is 11.8 Å². The maximum absolute atomic E-state index is 10.9. The highest BCUT2D eigenvalue weighted by Gasteiger charge is 2.07. The molecule has 0 spiro atoms. The van der Waals surface area contributed by atoms with Crippen LogP contribution in [0.4, 0.5) is 5.82 Å². The molecule has 0 saturated heterocycles. The third-order valence-corrected chi connectivity index (χ3v) is 2.60. The molecule has 1 heterocycles. The van der Waals surface area contributed by atoms with Crippen LogP contribution >= 0.6 is 0 Å². The molecular formula is C14H13N3O2. The van der Waals surface area contributed by atoms with Gasteiger partial charge < -0.3 is 10.4 Å².